The van der Waals surface area contributed by atoms with Gasteiger partial charge in [-0.05, 0) is 12.1 Å². The average molecular weight is 200 g/mol. The third kappa shape index (κ3) is 1.04. The fourth-order valence-corrected chi connectivity index (χ4v) is 1.85. The van der Waals surface area contributed by atoms with Crippen molar-refractivity contribution in [1.29, 1.82) is 0 Å². The lowest BCUT2D eigenvalue weighted by atomic mass is 10.2. The summed E-state index contributed by atoms with van der Waals surface area (Å²) in [6.45, 7) is 0. The van der Waals surface area contributed by atoms with Crippen LogP contribution in [0.15, 0.2) is 12.1 Å². The number of benzene rings is 1. The van der Waals surface area contributed by atoms with E-state index in [0.29, 0.717) is 5.02 Å². The third-order valence-electron chi connectivity index (χ3n) is 1.63. The van der Waals surface area contributed by atoms with Crippen LogP contribution in [0.1, 0.15) is 0 Å². The summed E-state index contributed by atoms with van der Waals surface area (Å²) in [4.78, 5) is 0. The minimum absolute atomic E-state index is 0.678. The van der Waals surface area contributed by atoms with Gasteiger partial charge in [0.2, 0.25) is 0 Å². The van der Waals surface area contributed by atoms with E-state index in [4.69, 9.17) is 11.6 Å². The van der Waals surface area contributed by atoms with Gasteiger partial charge in [0.25, 0.3) is 0 Å². The van der Waals surface area contributed by atoms with E-state index < -0.39 is 0 Å². The zero-order valence-corrected chi connectivity index (χ0v) is 7.91. The summed E-state index contributed by atoms with van der Waals surface area (Å²) in [7, 11) is 1.82. The van der Waals surface area contributed by atoms with Crippen LogP contribution < -0.4 is 5.32 Å². The summed E-state index contributed by atoms with van der Waals surface area (Å²) in [5.41, 5.74) is 2.58. The first kappa shape index (κ1) is 7.76. The number of hydrogen-bond acceptors (Lipinski definition) is 4. The van der Waals surface area contributed by atoms with Gasteiger partial charge in [0.15, 0.2) is 0 Å². The van der Waals surface area contributed by atoms with Crippen LogP contribution >= 0.6 is 23.3 Å². The molecular formula is C7H6ClN3S. The molecule has 2 aromatic rings. The molecule has 0 aliphatic carbocycles. The first-order valence-electron chi connectivity index (χ1n) is 3.41. The van der Waals surface area contributed by atoms with E-state index in [1.807, 2.05) is 19.2 Å². The van der Waals surface area contributed by atoms with E-state index >= 15 is 0 Å². The van der Waals surface area contributed by atoms with Gasteiger partial charge >= 0.3 is 0 Å². The Hall–Kier alpha value is -0.870. The van der Waals surface area contributed by atoms with E-state index in [9.17, 15) is 0 Å². The van der Waals surface area contributed by atoms with Crippen LogP contribution in [-0.4, -0.2) is 15.8 Å². The molecule has 0 unspecified atom stereocenters. The molecule has 0 saturated heterocycles. The summed E-state index contributed by atoms with van der Waals surface area (Å²) >= 11 is 7.13. The molecule has 0 bridgehead atoms. The maximum Gasteiger partial charge on any atom is 0.129 e. The Morgan fingerprint density at radius 1 is 1.42 bits per heavy atom. The summed E-state index contributed by atoms with van der Waals surface area (Å²) < 4.78 is 8.23. The van der Waals surface area contributed by atoms with Gasteiger partial charge in [-0.25, -0.2) is 0 Å². The van der Waals surface area contributed by atoms with Gasteiger partial charge in [-0.2, -0.15) is 8.75 Å². The summed E-state index contributed by atoms with van der Waals surface area (Å²) in [5.74, 6) is 0. The van der Waals surface area contributed by atoms with E-state index in [0.717, 1.165) is 16.7 Å². The number of anilines is 1. The van der Waals surface area contributed by atoms with Crippen molar-refractivity contribution < 1.29 is 0 Å². The summed E-state index contributed by atoms with van der Waals surface area (Å²) in [5, 5.41) is 3.68. The Balaban J connectivity index is 2.83. The molecule has 0 saturated carbocycles. The van der Waals surface area contributed by atoms with Crippen molar-refractivity contribution in [3.8, 4) is 0 Å². The lowest BCUT2D eigenvalue weighted by molar-refractivity contribution is 1.51. The molecule has 1 aromatic heterocycles. The Morgan fingerprint density at radius 3 is 3.00 bits per heavy atom. The van der Waals surface area contributed by atoms with E-state index in [2.05, 4.69) is 14.1 Å². The Morgan fingerprint density at radius 2 is 2.25 bits per heavy atom. The third-order valence-corrected chi connectivity index (χ3v) is 2.48. The molecule has 62 valence electrons. The minimum atomic E-state index is 0.678. The van der Waals surface area contributed by atoms with Gasteiger partial charge in [-0.1, -0.05) is 11.6 Å². The molecular weight excluding hydrogens is 194 g/mol. The van der Waals surface area contributed by atoms with Gasteiger partial charge < -0.3 is 5.32 Å². The van der Waals surface area contributed by atoms with Gasteiger partial charge in [-0.15, -0.1) is 0 Å². The molecule has 3 nitrogen and oxygen atoms in total. The molecule has 1 N–H and O–H groups in total. The van der Waals surface area contributed by atoms with Crippen molar-refractivity contribution in [2.24, 2.45) is 0 Å². The Labute approximate surface area is 78.7 Å². The first-order chi connectivity index (χ1) is 5.83. The Kier molecular flexibility index (Phi) is 1.86. The molecule has 0 fully saturated rings. The highest BCUT2D eigenvalue weighted by Crippen LogP contribution is 2.28. The van der Waals surface area contributed by atoms with E-state index in [1.165, 1.54) is 11.7 Å². The highest BCUT2D eigenvalue weighted by Gasteiger charge is 2.06. The number of nitrogens with one attached hydrogen (secondary N) is 1. The number of halogens is 1. The highest BCUT2D eigenvalue weighted by atomic mass is 35.5. The second-order valence-corrected chi connectivity index (χ2v) is 3.24. The molecule has 0 aliphatic rings. The Bertz CT molecular complexity index is 412. The molecule has 12 heavy (non-hydrogen) atoms. The first-order valence-corrected chi connectivity index (χ1v) is 4.52. The molecule has 1 aromatic carbocycles. The highest BCUT2D eigenvalue weighted by molar-refractivity contribution is 7.00. The van der Waals surface area contributed by atoms with E-state index in [-0.39, 0.29) is 0 Å². The SMILES string of the molecule is CNc1c(Cl)ccc2nsnc12. The fraction of sp³-hybridized carbons (Fsp3) is 0.143. The molecule has 0 atom stereocenters. The number of nitrogens with zero attached hydrogens (tertiary/aromatic N) is 2. The second kappa shape index (κ2) is 2.88. The van der Waals surface area contributed by atoms with Crippen molar-refractivity contribution in [2.45, 2.75) is 0 Å². The predicted octanol–water partition coefficient (Wildman–Crippen LogP) is 2.39. The van der Waals surface area contributed by atoms with Crippen LogP contribution in [0.4, 0.5) is 5.69 Å². The van der Waals surface area contributed by atoms with Gasteiger partial charge in [0, 0.05) is 7.05 Å². The van der Waals surface area contributed by atoms with E-state index in [1.54, 1.807) is 0 Å². The minimum Gasteiger partial charge on any atom is -0.385 e. The molecule has 0 aliphatic heterocycles. The summed E-state index contributed by atoms with van der Waals surface area (Å²) in [6, 6.07) is 3.68. The quantitative estimate of drug-likeness (QED) is 0.767. The number of rotatable bonds is 1. The maximum absolute atomic E-state index is 5.93. The number of fused-ring (bicyclic) bond motifs is 1. The number of aromatic nitrogens is 2. The largest absolute Gasteiger partial charge is 0.385 e. The molecule has 0 radical (unpaired) electrons. The van der Waals surface area contributed by atoms with Gasteiger partial charge in [0.1, 0.15) is 11.0 Å². The standard InChI is InChI=1S/C7H6ClN3S/c1-9-6-4(8)2-3-5-7(6)11-12-10-5/h2-3,9H,1H3. The van der Waals surface area contributed by atoms with Crippen molar-refractivity contribution in [2.75, 3.05) is 12.4 Å². The molecule has 0 spiro atoms. The summed E-state index contributed by atoms with van der Waals surface area (Å²) in [6.07, 6.45) is 0. The zero-order valence-electron chi connectivity index (χ0n) is 6.34. The molecule has 0 amide bonds. The monoisotopic (exact) mass is 199 g/mol. The van der Waals surface area contributed by atoms with Crippen LogP contribution in [0, 0.1) is 0 Å². The van der Waals surface area contributed by atoms with Gasteiger partial charge in [-0.3, -0.25) is 0 Å². The number of hydrogen-bond donors (Lipinski definition) is 1. The topological polar surface area (TPSA) is 37.8 Å². The predicted molar refractivity (Wildman–Crippen MR) is 52.0 cm³/mol. The fourth-order valence-electron chi connectivity index (χ4n) is 1.06. The lowest BCUT2D eigenvalue weighted by Gasteiger charge is -2.01. The lowest BCUT2D eigenvalue weighted by Crippen LogP contribution is -1.90. The van der Waals surface area contributed by atoms with Crippen LogP contribution in [0.2, 0.25) is 5.02 Å². The van der Waals surface area contributed by atoms with Crippen LogP contribution in [0.5, 0.6) is 0 Å². The maximum atomic E-state index is 5.93. The normalized spacial score (nSPS) is 10.5. The van der Waals surface area contributed by atoms with Gasteiger partial charge in [0.05, 0.1) is 22.4 Å². The zero-order chi connectivity index (χ0) is 8.55. The van der Waals surface area contributed by atoms with Crippen LogP contribution in [0.25, 0.3) is 11.0 Å². The van der Waals surface area contributed by atoms with Crippen molar-refractivity contribution >= 4 is 40.0 Å². The van der Waals surface area contributed by atoms with Crippen molar-refractivity contribution in [3.63, 3.8) is 0 Å². The molecule has 1 heterocycles. The van der Waals surface area contributed by atoms with Crippen LogP contribution in [-0.2, 0) is 0 Å². The average Bonchev–Trinajstić information content (AvgIpc) is 2.52. The molecule has 5 heteroatoms. The van der Waals surface area contributed by atoms with Crippen LogP contribution in [0.3, 0.4) is 0 Å². The smallest absolute Gasteiger partial charge is 0.129 e. The van der Waals surface area contributed by atoms with Crippen molar-refractivity contribution in [3.05, 3.63) is 17.2 Å². The second-order valence-electron chi connectivity index (χ2n) is 2.30. The molecule has 2 rings (SSSR count). The van der Waals surface area contributed by atoms with Crippen molar-refractivity contribution in [1.82, 2.24) is 8.75 Å².